The Morgan fingerprint density at radius 2 is 2.04 bits per heavy atom. The molecule has 0 radical (unpaired) electrons. The standard InChI is InChI=1S/C19H19N5OS3/c1-12-20-17-16(13(11-27-17)14-6-5-9-26-14)18(21-12)28-19-23-22-15(25-19)10-24-7-3-2-4-8-24/h5-6,9,11H,2-4,7-8,10H2,1H3/p+1. The molecule has 0 aromatic carbocycles. The van der Waals surface area contributed by atoms with Crippen LogP contribution in [0.15, 0.2) is 37.6 Å². The highest BCUT2D eigenvalue weighted by Crippen LogP contribution is 2.41. The summed E-state index contributed by atoms with van der Waals surface area (Å²) >= 11 is 4.82. The van der Waals surface area contributed by atoms with E-state index in [0.29, 0.717) is 11.1 Å². The zero-order valence-corrected chi connectivity index (χ0v) is 17.9. The molecule has 0 aliphatic carbocycles. The molecule has 1 aliphatic rings. The Morgan fingerprint density at radius 3 is 2.86 bits per heavy atom. The van der Waals surface area contributed by atoms with Crippen molar-refractivity contribution in [3.8, 4) is 10.4 Å². The molecule has 0 atom stereocenters. The Hall–Kier alpha value is -1.81. The van der Waals surface area contributed by atoms with Crippen LogP contribution in [0.2, 0.25) is 0 Å². The van der Waals surface area contributed by atoms with Crippen LogP contribution in [0, 0.1) is 6.92 Å². The van der Waals surface area contributed by atoms with Crippen molar-refractivity contribution < 1.29 is 9.32 Å². The highest BCUT2D eigenvalue weighted by atomic mass is 32.2. The second kappa shape index (κ2) is 7.90. The van der Waals surface area contributed by atoms with Crippen molar-refractivity contribution >= 4 is 44.7 Å². The maximum absolute atomic E-state index is 5.95. The molecule has 1 N–H and O–H groups in total. The number of nitrogens with zero attached hydrogens (tertiary/aromatic N) is 4. The number of quaternary nitrogens is 1. The number of rotatable bonds is 5. The van der Waals surface area contributed by atoms with Gasteiger partial charge in [0.1, 0.15) is 15.7 Å². The van der Waals surface area contributed by atoms with E-state index < -0.39 is 0 Å². The summed E-state index contributed by atoms with van der Waals surface area (Å²) in [7, 11) is 0. The van der Waals surface area contributed by atoms with Gasteiger partial charge in [-0.05, 0) is 49.4 Å². The van der Waals surface area contributed by atoms with Crippen LogP contribution in [0.4, 0.5) is 0 Å². The van der Waals surface area contributed by atoms with Crippen molar-refractivity contribution in [2.75, 3.05) is 13.1 Å². The summed E-state index contributed by atoms with van der Waals surface area (Å²) in [5.41, 5.74) is 1.18. The summed E-state index contributed by atoms with van der Waals surface area (Å²) < 4.78 is 5.95. The van der Waals surface area contributed by atoms with Crippen molar-refractivity contribution in [2.45, 2.75) is 43.0 Å². The maximum Gasteiger partial charge on any atom is 0.283 e. The summed E-state index contributed by atoms with van der Waals surface area (Å²) in [4.78, 5) is 13.1. The van der Waals surface area contributed by atoms with E-state index in [0.717, 1.165) is 27.6 Å². The number of thiophene rings is 2. The topological polar surface area (TPSA) is 69.1 Å². The molecule has 9 heteroatoms. The van der Waals surface area contributed by atoms with E-state index in [9.17, 15) is 0 Å². The van der Waals surface area contributed by atoms with Crippen LogP contribution in [0.25, 0.3) is 20.7 Å². The first kappa shape index (κ1) is 18.2. The summed E-state index contributed by atoms with van der Waals surface area (Å²) in [5.74, 6) is 1.47. The molecule has 5 heterocycles. The molecule has 144 valence electrons. The minimum Gasteiger partial charge on any atom is -0.410 e. The molecule has 0 saturated carbocycles. The van der Waals surface area contributed by atoms with Crippen molar-refractivity contribution in [2.24, 2.45) is 0 Å². The zero-order valence-electron chi connectivity index (χ0n) is 15.5. The van der Waals surface area contributed by atoms with Crippen LogP contribution in [0.5, 0.6) is 0 Å². The van der Waals surface area contributed by atoms with Gasteiger partial charge in [-0.1, -0.05) is 6.07 Å². The van der Waals surface area contributed by atoms with Gasteiger partial charge in [-0.15, -0.1) is 32.9 Å². The average molecular weight is 431 g/mol. The van der Waals surface area contributed by atoms with E-state index in [4.69, 9.17) is 9.40 Å². The largest absolute Gasteiger partial charge is 0.410 e. The van der Waals surface area contributed by atoms with E-state index in [1.165, 1.54) is 59.5 Å². The third-order valence-corrected chi connectivity index (χ3v) is 7.50. The molecule has 0 amide bonds. The summed E-state index contributed by atoms with van der Waals surface area (Å²) in [5, 5.41) is 15.3. The van der Waals surface area contributed by atoms with Gasteiger partial charge in [0.2, 0.25) is 0 Å². The first-order valence-electron chi connectivity index (χ1n) is 9.40. The van der Waals surface area contributed by atoms with Crippen LogP contribution in [-0.2, 0) is 6.54 Å². The minimum absolute atomic E-state index is 0.550. The van der Waals surface area contributed by atoms with Crippen molar-refractivity contribution in [1.82, 2.24) is 20.2 Å². The zero-order chi connectivity index (χ0) is 18.9. The smallest absolute Gasteiger partial charge is 0.283 e. The predicted molar refractivity (Wildman–Crippen MR) is 112 cm³/mol. The fourth-order valence-corrected chi connectivity index (χ4v) is 6.32. The number of aromatic nitrogens is 4. The van der Waals surface area contributed by atoms with E-state index >= 15 is 0 Å². The molecule has 4 aromatic rings. The third-order valence-electron chi connectivity index (χ3n) is 4.89. The second-order valence-electron chi connectivity index (χ2n) is 6.93. The van der Waals surface area contributed by atoms with Gasteiger partial charge in [0.05, 0.1) is 18.5 Å². The molecular weight excluding hydrogens is 410 g/mol. The molecule has 5 rings (SSSR count). The molecule has 0 unspecified atom stereocenters. The average Bonchev–Trinajstić information content (AvgIpc) is 3.43. The fourth-order valence-electron chi connectivity index (χ4n) is 3.57. The number of nitrogens with one attached hydrogen (secondary N) is 1. The first-order chi connectivity index (χ1) is 13.8. The molecule has 1 aliphatic heterocycles. The molecule has 6 nitrogen and oxygen atoms in total. The quantitative estimate of drug-likeness (QED) is 0.485. The minimum atomic E-state index is 0.550. The summed E-state index contributed by atoms with van der Waals surface area (Å²) in [6, 6.07) is 4.20. The Bertz CT molecular complexity index is 1080. The third kappa shape index (κ3) is 3.71. The van der Waals surface area contributed by atoms with E-state index in [1.54, 1.807) is 22.7 Å². The van der Waals surface area contributed by atoms with Gasteiger partial charge in [-0.3, -0.25) is 0 Å². The first-order valence-corrected chi connectivity index (χ1v) is 12.0. The molecule has 0 bridgehead atoms. The Labute approximate surface area is 175 Å². The number of aryl methyl sites for hydroxylation is 1. The lowest BCUT2D eigenvalue weighted by Gasteiger charge is -2.21. The summed E-state index contributed by atoms with van der Waals surface area (Å²) in [6.45, 7) is 5.11. The summed E-state index contributed by atoms with van der Waals surface area (Å²) in [6.07, 6.45) is 3.91. The monoisotopic (exact) mass is 430 g/mol. The van der Waals surface area contributed by atoms with E-state index in [-0.39, 0.29) is 0 Å². The number of hydrogen-bond donors (Lipinski definition) is 1. The van der Waals surface area contributed by atoms with Gasteiger partial charge < -0.3 is 9.32 Å². The van der Waals surface area contributed by atoms with Gasteiger partial charge >= 0.3 is 0 Å². The van der Waals surface area contributed by atoms with Crippen LogP contribution in [0.1, 0.15) is 31.0 Å². The van der Waals surface area contributed by atoms with E-state index in [2.05, 4.69) is 38.1 Å². The van der Waals surface area contributed by atoms with Crippen LogP contribution < -0.4 is 4.90 Å². The lowest BCUT2D eigenvalue weighted by atomic mass is 10.1. The lowest BCUT2D eigenvalue weighted by molar-refractivity contribution is -0.919. The van der Waals surface area contributed by atoms with Crippen molar-refractivity contribution in [3.63, 3.8) is 0 Å². The van der Waals surface area contributed by atoms with Crippen molar-refractivity contribution in [3.05, 3.63) is 34.6 Å². The molecule has 1 fully saturated rings. The molecule has 1 saturated heterocycles. The highest BCUT2D eigenvalue weighted by molar-refractivity contribution is 7.99. The van der Waals surface area contributed by atoms with Gasteiger partial charge in [0.25, 0.3) is 11.1 Å². The SMILES string of the molecule is Cc1nc(Sc2nnc(C[NH+]3CCCCC3)o2)c2c(-c3cccs3)csc2n1. The number of fused-ring (bicyclic) bond motifs is 1. The van der Waals surface area contributed by atoms with Crippen LogP contribution in [-0.4, -0.2) is 33.3 Å². The number of hydrogen-bond acceptors (Lipinski definition) is 8. The maximum atomic E-state index is 5.95. The van der Waals surface area contributed by atoms with Crippen molar-refractivity contribution in [1.29, 1.82) is 0 Å². The molecule has 28 heavy (non-hydrogen) atoms. The molecule has 4 aromatic heterocycles. The van der Waals surface area contributed by atoms with Crippen LogP contribution in [0.3, 0.4) is 0 Å². The molecular formula is C19H20N5OS3+. The van der Waals surface area contributed by atoms with Gasteiger partial charge in [-0.2, -0.15) is 0 Å². The molecule has 0 spiro atoms. The fraction of sp³-hybridized carbons (Fsp3) is 0.368. The van der Waals surface area contributed by atoms with Gasteiger partial charge in [0, 0.05) is 15.8 Å². The Morgan fingerprint density at radius 1 is 1.14 bits per heavy atom. The normalized spacial score (nSPS) is 15.5. The lowest BCUT2D eigenvalue weighted by Crippen LogP contribution is -3.11. The predicted octanol–water partition coefficient (Wildman–Crippen LogP) is 3.83. The van der Waals surface area contributed by atoms with Gasteiger partial charge in [-0.25, -0.2) is 9.97 Å². The second-order valence-corrected chi connectivity index (χ2v) is 9.68. The van der Waals surface area contributed by atoms with E-state index in [1.807, 2.05) is 6.92 Å². The highest BCUT2D eigenvalue weighted by Gasteiger charge is 2.21. The number of likely N-dealkylation sites (tertiary alicyclic amines) is 1. The Kier molecular flexibility index (Phi) is 5.15. The van der Waals surface area contributed by atoms with Gasteiger partial charge in [0.15, 0.2) is 6.54 Å². The Balaban J connectivity index is 1.44. The van der Waals surface area contributed by atoms with Crippen LogP contribution >= 0.6 is 34.4 Å². The number of piperidine rings is 1.